The van der Waals surface area contributed by atoms with Crippen LogP contribution in [0, 0.1) is 0 Å². The molecule has 0 spiro atoms. The van der Waals surface area contributed by atoms with Gasteiger partial charge in [0.05, 0.1) is 0 Å². The van der Waals surface area contributed by atoms with E-state index in [1.807, 2.05) is 0 Å². The summed E-state index contributed by atoms with van der Waals surface area (Å²) in [6.07, 6.45) is 2.66. The second-order valence-electron chi connectivity index (χ2n) is 15.3. The van der Waals surface area contributed by atoms with Gasteiger partial charge in [0.1, 0.15) is 5.60 Å². The Hall–Kier alpha value is -1.51. The van der Waals surface area contributed by atoms with Crippen molar-refractivity contribution in [1.82, 2.24) is 0 Å². The molecule has 2 N–H and O–H groups in total. The minimum absolute atomic E-state index is 0.0350. The zero-order valence-electron chi connectivity index (χ0n) is 27.0. The summed E-state index contributed by atoms with van der Waals surface area (Å²) in [5, 5.41) is 0. The Morgan fingerprint density at radius 1 is 0.667 bits per heavy atom. The molecule has 218 valence electrons. The number of benzene rings is 2. The molecule has 0 bridgehead atoms. The first-order chi connectivity index (χ1) is 17.6. The SMILES string of the molecule is C=C(CCCC)C(OP(O)O)(c1ccc(C(C)(C)C)cc1C(C)(C)C)c1ccc(C(C)(C)C)cc1C(C)(C)C. The summed E-state index contributed by atoms with van der Waals surface area (Å²) in [5.41, 5.74) is 5.71. The summed E-state index contributed by atoms with van der Waals surface area (Å²) >= 11 is 0. The Morgan fingerprint density at radius 3 is 1.33 bits per heavy atom. The van der Waals surface area contributed by atoms with Crippen molar-refractivity contribution in [2.75, 3.05) is 0 Å². The lowest BCUT2D eigenvalue weighted by molar-refractivity contribution is 0.118. The van der Waals surface area contributed by atoms with Crippen LogP contribution in [0.15, 0.2) is 48.6 Å². The van der Waals surface area contributed by atoms with Gasteiger partial charge in [-0.25, -0.2) is 0 Å². The van der Waals surface area contributed by atoms with E-state index in [0.717, 1.165) is 47.1 Å². The molecule has 0 aliphatic rings. The largest absolute Gasteiger partial charge is 0.328 e. The van der Waals surface area contributed by atoms with E-state index < -0.39 is 14.2 Å². The minimum Gasteiger partial charge on any atom is -0.328 e. The van der Waals surface area contributed by atoms with Crippen LogP contribution < -0.4 is 0 Å². The van der Waals surface area contributed by atoms with Crippen LogP contribution in [0.3, 0.4) is 0 Å². The van der Waals surface area contributed by atoms with E-state index in [2.05, 4.69) is 133 Å². The third-order valence-electron chi connectivity index (χ3n) is 7.69. The molecule has 2 rings (SSSR count). The normalized spacial score (nSPS) is 13.7. The molecule has 2 aromatic carbocycles. The van der Waals surface area contributed by atoms with Gasteiger partial charge in [-0.2, -0.15) is 0 Å². The molecule has 0 amide bonds. The van der Waals surface area contributed by atoms with Crippen LogP contribution in [-0.4, -0.2) is 9.79 Å². The molecule has 0 aliphatic carbocycles. The summed E-state index contributed by atoms with van der Waals surface area (Å²) in [6.45, 7) is 33.4. The highest BCUT2D eigenvalue weighted by Crippen LogP contribution is 2.54. The molecule has 0 saturated carbocycles. The maximum absolute atomic E-state index is 10.6. The number of rotatable bonds is 8. The molecule has 0 radical (unpaired) electrons. The molecule has 2 aromatic rings. The molecule has 0 fully saturated rings. The van der Waals surface area contributed by atoms with Crippen molar-refractivity contribution < 1.29 is 14.3 Å². The minimum atomic E-state index is -2.70. The highest BCUT2D eigenvalue weighted by Gasteiger charge is 2.46. The van der Waals surface area contributed by atoms with Crippen molar-refractivity contribution >= 4 is 8.60 Å². The maximum atomic E-state index is 10.6. The fraction of sp³-hybridized carbons (Fsp3) is 0.600. The van der Waals surface area contributed by atoms with Gasteiger partial charge < -0.3 is 9.79 Å². The summed E-state index contributed by atoms with van der Waals surface area (Å²) in [5.74, 6) is 0. The second kappa shape index (κ2) is 11.8. The molecule has 39 heavy (non-hydrogen) atoms. The van der Waals surface area contributed by atoms with Gasteiger partial charge in [-0.15, -0.1) is 0 Å². The van der Waals surface area contributed by atoms with Crippen molar-refractivity contribution in [2.45, 2.75) is 137 Å². The molecular weight excluding hydrogens is 499 g/mol. The predicted octanol–water partition coefficient (Wildman–Crippen LogP) is 10.1. The van der Waals surface area contributed by atoms with Gasteiger partial charge in [0, 0.05) is 0 Å². The Balaban J connectivity index is 3.21. The lowest BCUT2D eigenvalue weighted by Gasteiger charge is -2.43. The van der Waals surface area contributed by atoms with Crippen molar-refractivity contribution in [2.24, 2.45) is 0 Å². The molecule has 3 nitrogen and oxygen atoms in total. The van der Waals surface area contributed by atoms with Crippen LogP contribution in [0.25, 0.3) is 0 Å². The molecule has 0 heterocycles. The average molecular weight is 555 g/mol. The highest BCUT2D eigenvalue weighted by atomic mass is 31.2. The Morgan fingerprint density at radius 2 is 1.05 bits per heavy atom. The topological polar surface area (TPSA) is 49.7 Å². The first-order valence-corrected chi connectivity index (χ1v) is 15.6. The van der Waals surface area contributed by atoms with E-state index in [9.17, 15) is 9.79 Å². The van der Waals surface area contributed by atoms with Crippen molar-refractivity contribution in [3.8, 4) is 0 Å². The maximum Gasteiger partial charge on any atom is 0.328 e. The average Bonchev–Trinajstić information content (AvgIpc) is 2.77. The number of unbranched alkanes of at least 4 members (excludes halogenated alkanes) is 1. The standard InChI is InChI=1S/C35H55O3P/c1-15-16-17-24(2)35(38-39(36)37,27-20-18-25(31(3,4)5)22-29(27)33(9,10)11)28-21-19-26(32(6,7)8)23-30(28)34(12,13)14/h18-23,36-37H,2,15-17H2,1,3-14H3. The van der Waals surface area contributed by atoms with Gasteiger partial charge in [0.25, 0.3) is 0 Å². The van der Waals surface area contributed by atoms with Crippen LogP contribution in [0.1, 0.15) is 143 Å². The van der Waals surface area contributed by atoms with E-state index in [0.29, 0.717) is 0 Å². The van der Waals surface area contributed by atoms with Crippen molar-refractivity contribution in [1.29, 1.82) is 0 Å². The van der Waals surface area contributed by atoms with E-state index in [1.54, 1.807) is 0 Å². The fourth-order valence-corrected chi connectivity index (χ4v) is 5.82. The van der Waals surface area contributed by atoms with Gasteiger partial charge in [0.2, 0.25) is 0 Å². The number of hydrogen-bond donors (Lipinski definition) is 2. The van der Waals surface area contributed by atoms with Gasteiger partial charge in [-0.05, 0) is 73.5 Å². The summed E-state index contributed by atoms with van der Waals surface area (Å²) in [4.78, 5) is 21.2. The Labute approximate surface area is 241 Å². The highest BCUT2D eigenvalue weighted by molar-refractivity contribution is 7.39. The quantitative estimate of drug-likeness (QED) is 0.252. The van der Waals surface area contributed by atoms with E-state index in [1.165, 1.54) is 11.1 Å². The van der Waals surface area contributed by atoms with Crippen molar-refractivity contribution in [3.63, 3.8) is 0 Å². The van der Waals surface area contributed by atoms with Crippen LogP contribution in [0.2, 0.25) is 0 Å². The Bertz CT molecular complexity index is 1070. The zero-order chi connectivity index (χ0) is 30.2. The van der Waals surface area contributed by atoms with Gasteiger partial charge in [-0.1, -0.05) is 139 Å². The Kier molecular flexibility index (Phi) is 10.2. The van der Waals surface area contributed by atoms with Crippen LogP contribution >= 0.6 is 8.60 Å². The van der Waals surface area contributed by atoms with E-state index >= 15 is 0 Å². The molecule has 0 unspecified atom stereocenters. The van der Waals surface area contributed by atoms with Gasteiger partial charge in [-0.3, -0.25) is 4.52 Å². The lowest BCUT2D eigenvalue weighted by atomic mass is 9.67. The third-order valence-corrected chi connectivity index (χ3v) is 8.13. The summed E-state index contributed by atoms with van der Waals surface area (Å²) in [6, 6.07) is 13.2. The van der Waals surface area contributed by atoms with E-state index in [4.69, 9.17) is 4.52 Å². The lowest BCUT2D eigenvalue weighted by Crippen LogP contribution is -2.38. The molecule has 0 aromatic heterocycles. The summed E-state index contributed by atoms with van der Waals surface area (Å²) < 4.78 is 6.47. The molecular formula is C35H55O3P. The smallest absolute Gasteiger partial charge is 0.328 e. The van der Waals surface area contributed by atoms with Gasteiger partial charge >= 0.3 is 8.60 Å². The zero-order valence-corrected chi connectivity index (χ0v) is 27.9. The van der Waals surface area contributed by atoms with Crippen molar-refractivity contribution in [3.05, 3.63) is 81.9 Å². The second-order valence-corrected chi connectivity index (χ2v) is 15.9. The summed E-state index contributed by atoms with van der Waals surface area (Å²) in [7, 11) is -2.70. The monoisotopic (exact) mass is 554 g/mol. The first kappa shape index (κ1) is 33.7. The van der Waals surface area contributed by atoms with Crippen LogP contribution in [0.5, 0.6) is 0 Å². The molecule has 0 aliphatic heterocycles. The molecule has 0 atom stereocenters. The third kappa shape index (κ3) is 7.62. The first-order valence-electron chi connectivity index (χ1n) is 14.4. The predicted molar refractivity (Wildman–Crippen MR) is 170 cm³/mol. The van der Waals surface area contributed by atoms with Crippen LogP contribution in [0.4, 0.5) is 0 Å². The van der Waals surface area contributed by atoms with Crippen LogP contribution in [-0.2, 0) is 31.8 Å². The van der Waals surface area contributed by atoms with E-state index in [-0.39, 0.29) is 21.7 Å². The number of hydrogen-bond acceptors (Lipinski definition) is 3. The van der Waals surface area contributed by atoms with Gasteiger partial charge in [0.15, 0.2) is 0 Å². The molecule has 4 heteroatoms. The fourth-order valence-electron chi connectivity index (χ4n) is 5.25. The molecule has 0 saturated heterocycles.